The zero-order chi connectivity index (χ0) is 45.2. The number of esters is 3. The van der Waals surface area contributed by atoms with Crippen molar-refractivity contribution >= 4 is 17.9 Å². The average molecular weight is 877 g/mol. The molecule has 6 nitrogen and oxygen atoms in total. The van der Waals surface area contributed by atoms with Crippen LogP contribution in [0.1, 0.15) is 317 Å². The lowest BCUT2D eigenvalue weighted by molar-refractivity contribution is -0.167. The van der Waals surface area contributed by atoms with Crippen LogP contribution in [0.3, 0.4) is 0 Å². The van der Waals surface area contributed by atoms with Crippen molar-refractivity contribution in [1.29, 1.82) is 0 Å². The Labute approximate surface area is 387 Å². The summed E-state index contributed by atoms with van der Waals surface area (Å²) in [7, 11) is 0. The van der Waals surface area contributed by atoms with Crippen LogP contribution >= 0.6 is 0 Å². The summed E-state index contributed by atoms with van der Waals surface area (Å²) in [5.74, 6) is 0.00233. The van der Waals surface area contributed by atoms with Gasteiger partial charge in [0.1, 0.15) is 13.2 Å². The van der Waals surface area contributed by atoms with Crippen LogP contribution in [-0.2, 0) is 28.6 Å². The van der Waals surface area contributed by atoms with Crippen molar-refractivity contribution in [3.8, 4) is 0 Å². The number of carbonyl (C=O) groups is 3. The third kappa shape index (κ3) is 49.4. The van der Waals surface area contributed by atoms with E-state index in [9.17, 15) is 14.4 Å². The van der Waals surface area contributed by atoms with Crippen LogP contribution in [0.25, 0.3) is 0 Å². The molecule has 368 valence electrons. The largest absolute Gasteiger partial charge is 0.462 e. The van der Waals surface area contributed by atoms with Crippen molar-refractivity contribution in [3.05, 3.63) is 0 Å². The van der Waals surface area contributed by atoms with Gasteiger partial charge in [-0.1, -0.05) is 278 Å². The topological polar surface area (TPSA) is 78.9 Å². The molecule has 0 bridgehead atoms. The van der Waals surface area contributed by atoms with Gasteiger partial charge in [-0.25, -0.2) is 0 Å². The molecule has 0 aliphatic carbocycles. The van der Waals surface area contributed by atoms with Gasteiger partial charge >= 0.3 is 17.9 Å². The summed E-state index contributed by atoms with van der Waals surface area (Å²) in [4.78, 5) is 38.1. The van der Waals surface area contributed by atoms with Gasteiger partial charge < -0.3 is 14.2 Å². The fourth-order valence-electron chi connectivity index (χ4n) is 8.57. The van der Waals surface area contributed by atoms with E-state index in [2.05, 4.69) is 27.7 Å². The Hall–Kier alpha value is -1.59. The number of carbonyl (C=O) groups excluding carboxylic acids is 3. The number of rotatable bonds is 51. The molecule has 0 heterocycles. The molecule has 0 aromatic heterocycles. The number of ether oxygens (including phenoxy) is 3. The van der Waals surface area contributed by atoms with Crippen molar-refractivity contribution in [2.75, 3.05) is 13.2 Å². The Bertz CT molecular complexity index is 933. The SMILES string of the molecule is CCCCCCCCCCCCCCCCC(=O)OC[C@H](COC(=O)CCCCCCCCCCCCCCCC(C)C)OC(=O)CCCCCCCCCCCCCCCC. The fourth-order valence-corrected chi connectivity index (χ4v) is 8.57. The minimum Gasteiger partial charge on any atom is -0.462 e. The molecule has 0 aromatic rings. The van der Waals surface area contributed by atoms with Gasteiger partial charge in [0, 0.05) is 19.3 Å². The van der Waals surface area contributed by atoms with E-state index >= 15 is 0 Å². The maximum absolute atomic E-state index is 12.8. The molecule has 0 aliphatic rings. The van der Waals surface area contributed by atoms with Gasteiger partial charge in [0.25, 0.3) is 0 Å². The summed E-state index contributed by atoms with van der Waals surface area (Å²) in [6.07, 6.45) is 53.7. The highest BCUT2D eigenvalue weighted by atomic mass is 16.6. The van der Waals surface area contributed by atoms with E-state index in [1.165, 1.54) is 212 Å². The van der Waals surface area contributed by atoms with Crippen LogP contribution in [0.15, 0.2) is 0 Å². The molecular weight excluding hydrogens is 769 g/mol. The molecule has 0 spiro atoms. The van der Waals surface area contributed by atoms with E-state index in [4.69, 9.17) is 14.2 Å². The first-order valence-electron chi connectivity index (χ1n) is 27.9. The third-order valence-corrected chi connectivity index (χ3v) is 12.8. The average Bonchev–Trinajstić information content (AvgIpc) is 3.26. The fraction of sp³-hybridized carbons (Fsp3) is 0.946. The van der Waals surface area contributed by atoms with Gasteiger partial charge in [0.2, 0.25) is 0 Å². The molecule has 0 aromatic carbocycles. The van der Waals surface area contributed by atoms with E-state index < -0.39 is 6.10 Å². The molecule has 0 N–H and O–H groups in total. The zero-order valence-corrected chi connectivity index (χ0v) is 42.3. The van der Waals surface area contributed by atoms with Crippen molar-refractivity contribution in [3.63, 3.8) is 0 Å². The molecule has 0 saturated carbocycles. The Morgan fingerprint density at radius 3 is 0.790 bits per heavy atom. The van der Waals surface area contributed by atoms with E-state index in [0.29, 0.717) is 19.3 Å². The Balaban J connectivity index is 4.30. The first-order valence-corrected chi connectivity index (χ1v) is 27.9. The molecule has 0 aliphatic heterocycles. The summed E-state index contributed by atoms with van der Waals surface area (Å²) < 4.78 is 16.9. The first kappa shape index (κ1) is 60.4. The summed E-state index contributed by atoms with van der Waals surface area (Å²) >= 11 is 0. The lowest BCUT2D eigenvalue weighted by Crippen LogP contribution is -2.30. The molecule has 1 atom stereocenters. The number of unbranched alkanes of at least 4 members (excludes halogenated alkanes) is 38. The van der Waals surface area contributed by atoms with E-state index in [1.807, 2.05) is 0 Å². The number of hydrogen-bond acceptors (Lipinski definition) is 6. The third-order valence-electron chi connectivity index (χ3n) is 12.8. The first-order chi connectivity index (χ1) is 30.4. The summed E-state index contributed by atoms with van der Waals surface area (Å²) in [5, 5.41) is 0. The Morgan fingerprint density at radius 2 is 0.532 bits per heavy atom. The van der Waals surface area contributed by atoms with Crippen LogP contribution in [0.5, 0.6) is 0 Å². The standard InChI is InChI=1S/C56H108O6/c1-5-7-9-11-13-15-17-19-23-27-31-35-39-43-47-54(57)60-50-53(62-56(59)49-45-41-37-33-29-24-20-18-16-14-12-10-8-6-2)51-61-55(58)48-44-40-36-32-28-25-21-22-26-30-34-38-42-46-52(3)4/h52-53H,5-51H2,1-4H3/t53-/m1/s1. The lowest BCUT2D eigenvalue weighted by atomic mass is 10.0. The molecule has 0 radical (unpaired) electrons. The molecule has 0 unspecified atom stereocenters. The molecule has 0 saturated heterocycles. The van der Waals surface area contributed by atoms with Crippen LogP contribution in [0, 0.1) is 5.92 Å². The maximum Gasteiger partial charge on any atom is 0.306 e. The minimum atomic E-state index is -0.761. The van der Waals surface area contributed by atoms with Crippen LogP contribution in [-0.4, -0.2) is 37.2 Å². The van der Waals surface area contributed by atoms with Gasteiger partial charge in [0.15, 0.2) is 6.10 Å². The highest BCUT2D eigenvalue weighted by Gasteiger charge is 2.19. The number of hydrogen-bond donors (Lipinski definition) is 0. The lowest BCUT2D eigenvalue weighted by Gasteiger charge is -2.18. The quantitative estimate of drug-likeness (QED) is 0.0344. The van der Waals surface area contributed by atoms with E-state index in [1.54, 1.807) is 0 Å². The van der Waals surface area contributed by atoms with E-state index in [0.717, 1.165) is 63.7 Å². The van der Waals surface area contributed by atoms with Gasteiger partial charge in [-0.2, -0.15) is 0 Å². The highest BCUT2D eigenvalue weighted by Crippen LogP contribution is 2.18. The predicted octanol–water partition coefficient (Wildman–Crippen LogP) is 18.2. The van der Waals surface area contributed by atoms with Crippen LogP contribution in [0.2, 0.25) is 0 Å². The predicted molar refractivity (Wildman–Crippen MR) is 266 cm³/mol. The minimum absolute atomic E-state index is 0.0620. The van der Waals surface area contributed by atoms with Crippen LogP contribution in [0.4, 0.5) is 0 Å². The monoisotopic (exact) mass is 877 g/mol. The highest BCUT2D eigenvalue weighted by molar-refractivity contribution is 5.71. The molecule has 62 heavy (non-hydrogen) atoms. The van der Waals surface area contributed by atoms with Crippen LogP contribution < -0.4 is 0 Å². The summed E-state index contributed by atoms with van der Waals surface area (Å²) in [6, 6.07) is 0. The second-order valence-corrected chi connectivity index (χ2v) is 19.7. The molecular formula is C56H108O6. The van der Waals surface area contributed by atoms with Crippen molar-refractivity contribution < 1.29 is 28.6 Å². The zero-order valence-electron chi connectivity index (χ0n) is 42.3. The van der Waals surface area contributed by atoms with Crippen molar-refractivity contribution in [2.24, 2.45) is 5.92 Å². The second kappa shape index (κ2) is 50.4. The van der Waals surface area contributed by atoms with Gasteiger partial charge in [-0.05, 0) is 25.2 Å². The van der Waals surface area contributed by atoms with Gasteiger partial charge in [-0.3, -0.25) is 14.4 Å². The maximum atomic E-state index is 12.8. The molecule has 0 fully saturated rings. The van der Waals surface area contributed by atoms with Crippen molar-refractivity contribution in [2.45, 2.75) is 323 Å². The smallest absolute Gasteiger partial charge is 0.306 e. The van der Waals surface area contributed by atoms with Crippen molar-refractivity contribution in [1.82, 2.24) is 0 Å². The Morgan fingerprint density at radius 1 is 0.306 bits per heavy atom. The molecule has 6 heteroatoms. The normalized spacial score (nSPS) is 12.0. The van der Waals surface area contributed by atoms with Gasteiger partial charge in [0.05, 0.1) is 0 Å². The molecule has 0 amide bonds. The summed E-state index contributed by atoms with van der Waals surface area (Å²) in [5.41, 5.74) is 0. The Kier molecular flexibility index (Phi) is 49.1. The second-order valence-electron chi connectivity index (χ2n) is 19.7. The summed E-state index contributed by atoms with van der Waals surface area (Å²) in [6.45, 7) is 9.05. The molecule has 0 rings (SSSR count). The van der Waals surface area contributed by atoms with Gasteiger partial charge in [-0.15, -0.1) is 0 Å². The van der Waals surface area contributed by atoms with E-state index in [-0.39, 0.29) is 31.1 Å².